The number of fused-ring (bicyclic) bond motifs is 4. The molecular weight excluding hydrogens is 1220 g/mol. The number of carbonyl (C=O) groups is 3. The molecule has 10 rings (SSSR count). The second-order valence-electron chi connectivity index (χ2n) is 30.0. The van der Waals surface area contributed by atoms with Crippen molar-refractivity contribution < 1.29 is 138 Å². The summed E-state index contributed by atoms with van der Waals surface area (Å²) >= 11 is 0. The van der Waals surface area contributed by atoms with Crippen LogP contribution in [0.3, 0.4) is 0 Å². The van der Waals surface area contributed by atoms with Gasteiger partial charge in [0, 0.05) is 27.9 Å². The Morgan fingerprint density at radius 2 is 1.05 bits per heavy atom. The van der Waals surface area contributed by atoms with Gasteiger partial charge >= 0.3 is 17.9 Å². The summed E-state index contributed by atoms with van der Waals surface area (Å²) in [5.41, 5.74) is -5.77. The summed E-state index contributed by atoms with van der Waals surface area (Å²) in [6.45, 7) is 20.7. The molecule has 0 aromatic carbocycles. The summed E-state index contributed by atoms with van der Waals surface area (Å²) in [5, 5.41) is 158. The molecule has 2 bridgehead atoms. The fourth-order valence-electron chi connectivity index (χ4n) is 19.2. The maximum atomic E-state index is 14.0. The normalized spacial score (nSPS) is 52.4. The lowest BCUT2D eigenvalue weighted by Gasteiger charge is -2.75. The molecule has 5 aliphatic heterocycles. The number of aliphatic hydroxyl groups excluding tert-OH is 13. The van der Waals surface area contributed by atoms with Crippen molar-refractivity contribution in [3.63, 3.8) is 0 Å². The summed E-state index contributed by atoms with van der Waals surface area (Å²) in [7, 11) is 0. The Kier molecular flexibility index (Phi) is 20.1. The number of allylic oxidation sites excluding steroid dienone is 2. The number of hydrogen-bond acceptors (Lipinski definition) is 27. The quantitative estimate of drug-likeness (QED) is 0.0535. The van der Waals surface area contributed by atoms with E-state index in [0.717, 1.165) is 0 Å². The van der Waals surface area contributed by atoms with E-state index < -0.39 is 229 Å². The number of carboxylic acid groups (broad SMARTS) is 1. The number of esters is 2. The molecule has 5 heterocycles. The SMILES string of the molecule is C/C=C(/C)C(=O)O[C@H]1[C@H](OC(=O)/C(C)=C\C)[C@@]23[C@H](O)C[C@]4(C)[C@@](CC[C@@H]5[C@@]6(C)CC[C@@H](O[C@@H]7O[C@H](C(=O)O)[C@@H](O)[C@H](O[C@@H]8O[C@H](CO)[C@@H](O)[C@H](O)[C@H]8O[C@@H]8O[C@@H](C)[C@H](O)[C@@H](O)[C@H]8O)[C@H]7O[C@@H]7O[C@H](CO)[C@@H](O)[C@H](O)[C@H]7O)C(C)(C)[C@H]6CC[C@]54C)(O[C@@H]2O)[C@H]3CC1(C)C. The molecule has 0 aromatic heterocycles. The van der Waals surface area contributed by atoms with Crippen LogP contribution in [0.25, 0.3) is 0 Å². The summed E-state index contributed by atoms with van der Waals surface area (Å²) in [4.78, 5) is 41.0. The van der Waals surface area contributed by atoms with E-state index in [9.17, 15) is 85.9 Å². The third-order valence-electron chi connectivity index (χ3n) is 24.7. The van der Waals surface area contributed by atoms with Gasteiger partial charge in [0.2, 0.25) is 0 Å². The lowest BCUT2D eigenvalue weighted by atomic mass is 9.30. The van der Waals surface area contributed by atoms with E-state index in [-0.39, 0.29) is 30.3 Å². The molecule has 92 heavy (non-hydrogen) atoms. The fourth-order valence-corrected chi connectivity index (χ4v) is 19.2. The Labute approximate surface area is 534 Å². The first-order valence-corrected chi connectivity index (χ1v) is 32.5. The van der Waals surface area contributed by atoms with Crippen LogP contribution in [0.2, 0.25) is 0 Å². The molecule has 524 valence electrons. The number of hydrogen-bond donors (Lipinski definition) is 14. The molecular formula is C64H100O28. The molecule has 10 aliphatic rings. The van der Waals surface area contributed by atoms with Gasteiger partial charge in [0.15, 0.2) is 43.7 Å². The average Bonchev–Trinajstić information content (AvgIpc) is 1.37. The van der Waals surface area contributed by atoms with Crippen molar-refractivity contribution in [1.82, 2.24) is 0 Å². The first kappa shape index (κ1) is 71.8. The summed E-state index contributed by atoms with van der Waals surface area (Å²) in [5.74, 6) is -3.89. The van der Waals surface area contributed by atoms with E-state index in [0.29, 0.717) is 44.1 Å². The number of ether oxygens (including phenoxy) is 11. The second kappa shape index (κ2) is 25.7. The maximum absolute atomic E-state index is 14.0. The van der Waals surface area contributed by atoms with Crippen LogP contribution in [0.1, 0.15) is 134 Å². The van der Waals surface area contributed by atoms with Gasteiger partial charge in [0.25, 0.3) is 0 Å². The van der Waals surface area contributed by atoms with Crippen molar-refractivity contribution in [2.75, 3.05) is 13.2 Å². The van der Waals surface area contributed by atoms with Gasteiger partial charge < -0.3 is 124 Å². The van der Waals surface area contributed by atoms with E-state index in [4.69, 9.17) is 52.1 Å². The lowest BCUT2D eigenvalue weighted by Crippen LogP contribution is -2.77. The smallest absolute Gasteiger partial charge is 0.335 e. The highest BCUT2D eigenvalue weighted by atomic mass is 16.8. The summed E-state index contributed by atoms with van der Waals surface area (Å²) in [6.07, 6.45) is -37.9. The minimum Gasteiger partial charge on any atom is -0.479 e. The van der Waals surface area contributed by atoms with E-state index in [1.165, 1.54) is 6.92 Å². The van der Waals surface area contributed by atoms with Gasteiger partial charge in [0.05, 0.1) is 42.5 Å². The van der Waals surface area contributed by atoms with Crippen molar-refractivity contribution in [3.8, 4) is 0 Å². The molecule has 5 aliphatic carbocycles. The van der Waals surface area contributed by atoms with Crippen LogP contribution in [-0.2, 0) is 66.5 Å². The third kappa shape index (κ3) is 11.0. The largest absolute Gasteiger partial charge is 0.479 e. The van der Waals surface area contributed by atoms with Gasteiger partial charge in [-0.25, -0.2) is 14.4 Å². The van der Waals surface area contributed by atoms with E-state index >= 15 is 0 Å². The van der Waals surface area contributed by atoms with Gasteiger partial charge in [-0.15, -0.1) is 0 Å². The van der Waals surface area contributed by atoms with Crippen LogP contribution in [0.5, 0.6) is 0 Å². The van der Waals surface area contributed by atoms with Crippen molar-refractivity contribution in [2.24, 2.45) is 50.2 Å². The predicted molar refractivity (Wildman–Crippen MR) is 312 cm³/mol. The monoisotopic (exact) mass is 1320 g/mol. The summed E-state index contributed by atoms with van der Waals surface area (Å²) in [6, 6.07) is 0. The minimum absolute atomic E-state index is 0.0674. The van der Waals surface area contributed by atoms with E-state index in [2.05, 4.69) is 20.8 Å². The number of carbonyl (C=O) groups excluding carboxylic acids is 2. The molecule has 0 aromatic rings. The third-order valence-corrected chi connectivity index (χ3v) is 24.7. The minimum atomic E-state index is -2.30. The maximum Gasteiger partial charge on any atom is 0.335 e. The molecule has 5 saturated heterocycles. The lowest BCUT2D eigenvalue weighted by molar-refractivity contribution is -0.406. The highest BCUT2D eigenvalue weighted by Gasteiger charge is 2.86. The van der Waals surface area contributed by atoms with Crippen molar-refractivity contribution in [2.45, 2.75) is 294 Å². The Morgan fingerprint density at radius 1 is 0.533 bits per heavy atom. The highest BCUT2D eigenvalue weighted by molar-refractivity contribution is 5.89. The fraction of sp³-hybridized carbons (Fsp3) is 0.891. The number of carboxylic acids is 1. The predicted octanol–water partition coefficient (Wildman–Crippen LogP) is -0.937. The Balaban J connectivity index is 0.976. The Hall–Kier alpha value is -2.99. The van der Waals surface area contributed by atoms with Gasteiger partial charge in [-0.1, -0.05) is 60.6 Å². The van der Waals surface area contributed by atoms with Crippen LogP contribution in [-0.4, -0.2) is 262 Å². The van der Waals surface area contributed by atoms with Gasteiger partial charge in [-0.2, -0.15) is 0 Å². The van der Waals surface area contributed by atoms with Crippen LogP contribution in [0.4, 0.5) is 0 Å². The number of aliphatic hydroxyl groups is 13. The first-order chi connectivity index (χ1) is 42.9. The zero-order valence-electron chi connectivity index (χ0n) is 54.4. The van der Waals surface area contributed by atoms with Gasteiger partial charge in [-0.05, 0) is 114 Å². The Morgan fingerprint density at radius 3 is 1.64 bits per heavy atom. The molecule has 0 radical (unpaired) electrons. The van der Waals surface area contributed by atoms with E-state index in [1.54, 1.807) is 39.8 Å². The first-order valence-electron chi connectivity index (χ1n) is 32.5. The van der Waals surface area contributed by atoms with Crippen LogP contribution < -0.4 is 0 Å². The molecule has 10 fully saturated rings. The zero-order chi connectivity index (χ0) is 67.8. The molecule has 14 N–H and O–H groups in total. The van der Waals surface area contributed by atoms with E-state index in [1.807, 2.05) is 27.7 Å². The standard InChI is InChI=1S/C64H100O28/c1-13-25(3)51(79)90-48-49(91-52(80)26(4)14-2)64-32(21-58(48,6)7)63(92-57(64)81)20-16-31-60(10)18-17-34(59(8,9)30(60)15-19-61(31,11)62(63,12)22-33(64)67)85-56-47(89-54-42(75)39(72)36(69)28(23-65)83-54)44(43(76)45(87-56)50(77)78)86-55-46(40(73)37(70)29(24-66)84-55)88-53-41(74)38(71)35(68)27(5)82-53/h13-14,27-49,53-57,65-76,81H,15-24H2,1-12H3,(H,77,78)/b25-13-,26-14-/t27-,28+,29+,30+,31+,32+,33+,34+,35-,36+,37+,38+,39-,40-,41+,42+,43-,44-,45-,46+,47+,48-,49-,53-,54-,55-,56+,57-,60-,61+,62-,63-,64+/m0/s1. The highest BCUT2D eigenvalue weighted by Crippen LogP contribution is 2.82. The van der Waals surface area contributed by atoms with Gasteiger partial charge in [-0.3, -0.25) is 0 Å². The topological polar surface area (TPSA) is 436 Å². The average molecular weight is 1320 g/mol. The molecule has 1 spiro atoms. The molecule has 33 atom stereocenters. The molecule has 0 amide bonds. The van der Waals surface area contributed by atoms with Crippen LogP contribution in [0.15, 0.2) is 23.3 Å². The Bertz CT molecular complexity index is 2760. The van der Waals surface area contributed by atoms with Crippen molar-refractivity contribution >= 4 is 17.9 Å². The molecule has 28 nitrogen and oxygen atoms in total. The molecule has 0 unspecified atom stereocenters. The van der Waals surface area contributed by atoms with Crippen LogP contribution >= 0.6 is 0 Å². The van der Waals surface area contributed by atoms with Crippen molar-refractivity contribution in [1.29, 1.82) is 0 Å². The summed E-state index contributed by atoms with van der Waals surface area (Å²) < 4.78 is 69.2. The van der Waals surface area contributed by atoms with Crippen molar-refractivity contribution in [3.05, 3.63) is 23.3 Å². The second-order valence-corrected chi connectivity index (χ2v) is 30.0. The van der Waals surface area contributed by atoms with Gasteiger partial charge in [0.1, 0.15) is 91.6 Å². The molecule has 28 heteroatoms. The molecule has 5 saturated carbocycles. The number of rotatable bonds is 15. The zero-order valence-corrected chi connectivity index (χ0v) is 54.4. The number of aliphatic carboxylic acids is 1. The van der Waals surface area contributed by atoms with Crippen LogP contribution in [0, 0.1) is 50.2 Å².